The van der Waals surface area contributed by atoms with Gasteiger partial charge in [-0.15, -0.1) is 0 Å². The van der Waals surface area contributed by atoms with E-state index in [2.05, 4.69) is 20.7 Å². The summed E-state index contributed by atoms with van der Waals surface area (Å²) in [6.45, 7) is 7.78. The van der Waals surface area contributed by atoms with Crippen LogP contribution in [0.5, 0.6) is 0 Å². The Labute approximate surface area is 123 Å². The van der Waals surface area contributed by atoms with Crippen molar-refractivity contribution >= 4 is 26.0 Å². The Morgan fingerprint density at radius 3 is 2.37 bits per heavy atom. The highest BCUT2D eigenvalue weighted by atomic mass is 79.9. The summed E-state index contributed by atoms with van der Waals surface area (Å²) >= 11 is 3.32. The van der Waals surface area contributed by atoms with E-state index in [1.165, 1.54) is 6.07 Å². The molecule has 0 amide bonds. The molecule has 0 radical (unpaired) electrons. The summed E-state index contributed by atoms with van der Waals surface area (Å²) in [7, 11) is -3.57. The molecule has 0 unspecified atom stereocenters. The second-order valence-electron chi connectivity index (χ2n) is 5.74. The molecule has 0 aliphatic carbocycles. The van der Waals surface area contributed by atoms with Crippen molar-refractivity contribution in [3.8, 4) is 0 Å². The number of aliphatic hydroxyl groups is 1. The van der Waals surface area contributed by atoms with Crippen LogP contribution in [0.15, 0.2) is 21.5 Å². The van der Waals surface area contributed by atoms with Crippen molar-refractivity contribution in [1.29, 1.82) is 0 Å². The number of aliphatic hydroxyl groups excluding tert-OH is 1. The molecule has 1 aromatic carbocycles. The van der Waals surface area contributed by atoms with Crippen LogP contribution in [0.3, 0.4) is 0 Å². The third kappa shape index (κ3) is 4.56. The zero-order valence-corrected chi connectivity index (χ0v) is 14.0. The number of hydrogen-bond acceptors (Lipinski definition) is 3. The molecule has 0 atom stereocenters. The summed E-state index contributed by atoms with van der Waals surface area (Å²) in [4.78, 5) is 0.204. The summed E-state index contributed by atoms with van der Waals surface area (Å²) in [5, 5.41) is 9.17. The lowest BCUT2D eigenvalue weighted by atomic mass is 9.98. The van der Waals surface area contributed by atoms with Crippen LogP contribution in [-0.2, 0) is 16.6 Å². The highest BCUT2D eigenvalue weighted by molar-refractivity contribution is 9.10. The maximum absolute atomic E-state index is 12.3. The molecule has 108 valence electrons. The summed E-state index contributed by atoms with van der Waals surface area (Å²) in [6.07, 6.45) is 0. The van der Waals surface area contributed by atoms with Crippen LogP contribution < -0.4 is 4.72 Å². The Hall–Kier alpha value is -0.430. The van der Waals surface area contributed by atoms with Gasteiger partial charge in [0.25, 0.3) is 0 Å². The van der Waals surface area contributed by atoms with E-state index in [1.54, 1.807) is 13.0 Å². The second kappa shape index (κ2) is 5.91. The van der Waals surface area contributed by atoms with Crippen LogP contribution in [0.2, 0.25) is 0 Å². The van der Waals surface area contributed by atoms with Gasteiger partial charge in [0.15, 0.2) is 0 Å². The molecule has 4 nitrogen and oxygen atoms in total. The number of nitrogens with one attached hydrogen (secondary N) is 1. The first-order valence-electron chi connectivity index (χ1n) is 5.96. The quantitative estimate of drug-likeness (QED) is 0.877. The van der Waals surface area contributed by atoms with Crippen LogP contribution in [0, 0.1) is 12.3 Å². The summed E-state index contributed by atoms with van der Waals surface area (Å²) < 4.78 is 27.9. The predicted molar refractivity (Wildman–Crippen MR) is 79.4 cm³/mol. The molecule has 6 heteroatoms. The Morgan fingerprint density at radius 2 is 1.89 bits per heavy atom. The highest BCUT2D eigenvalue weighted by Gasteiger charge is 2.21. The Bertz CT molecular complexity index is 562. The average molecular weight is 350 g/mol. The van der Waals surface area contributed by atoms with E-state index < -0.39 is 10.0 Å². The lowest BCUT2D eigenvalue weighted by molar-refractivity contribution is 0.281. The summed E-state index contributed by atoms with van der Waals surface area (Å²) in [5.74, 6) is 0. The molecule has 0 aromatic heterocycles. The zero-order chi connectivity index (χ0) is 14.8. The van der Waals surface area contributed by atoms with Crippen molar-refractivity contribution in [3.05, 3.63) is 27.7 Å². The minimum absolute atomic E-state index is 0.132. The van der Waals surface area contributed by atoms with Gasteiger partial charge in [-0.1, -0.05) is 36.7 Å². The van der Waals surface area contributed by atoms with Crippen LogP contribution in [0.25, 0.3) is 0 Å². The van der Waals surface area contributed by atoms with Gasteiger partial charge in [-0.2, -0.15) is 0 Å². The minimum Gasteiger partial charge on any atom is -0.392 e. The van der Waals surface area contributed by atoms with Gasteiger partial charge in [0.2, 0.25) is 10.0 Å². The Morgan fingerprint density at radius 1 is 1.32 bits per heavy atom. The van der Waals surface area contributed by atoms with Crippen molar-refractivity contribution in [2.45, 2.75) is 39.2 Å². The molecular weight excluding hydrogens is 330 g/mol. The fourth-order valence-electron chi connectivity index (χ4n) is 1.47. The van der Waals surface area contributed by atoms with Gasteiger partial charge in [-0.05, 0) is 35.6 Å². The average Bonchev–Trinajstić information content (AvgIpc) is 2.29. The standard InChI is InChI=1S/C13H20BrNO3S/c1-9-11(14)5-10(7-16)6-12(9)19(17,18)15-8-13(2,3)4/h5-6,15-16H,7-8H2,1-4H3. The number of halogens is 1. The van der Waals surface area contributed by atoms with Crippen molar-refractivity contribution in [2.24, 2.45) is 5.41 Å². The molecule has 0 bridgehead atoms. The molecule has 0 heterocycles. The monoisotopic (exact) mass is 349 g/mol. The third-order valence-corrected chi connectivity index (χ3v) is 4.97. The lowest BCUT2D eigenvalue weighted by Gasteiger charge is -2.19. The van der Waals surface area contributed by atoms with E-state index in [4.69, 9.17) is 5.11 Å². The molecule has 0 fully saturated rings. The van der Waals surface area contributed by atoms with Crippen LogP contribution in [0.1, 0.15) is 31.9 Å². The highest BCUT2D eigenvalue weighted by Crippen LogP contribution is 2.26. The van der Waals surface area contributed by atoms with Crippen LogP contribution in [0.4, 0.5) is 0 Å². The normalized spacial score (nSPS) is 12.7. The fraction of sp³-hybridized carbons (Fsp3) is 0.538. The van der Waals surface area contributed by atoms with E-state index in [0.29, 0.717) is 22.1 Å². The number of hydrogen-bond donors (Lipinski definition) is 2. The largest absolute Gasteiger partial charge is 0.392 e. The lowest BCUT2D eigenvalue weighted by Crippen LogP contribution is -2.32. The smallest absolute Gasteiger partial charge is 0.240 e. The molecular formula is C13H20BrNO3S. The molecule has 0 saturated carbocycles. The van der Waals surface area contributed by atoms with Gasteiger partial charge in [0, 0.05) is 11.0 Å². The van der Waals surface area contributed by atoms with Gasteiger partial charge < -0.3 is 5.11 Å². The number of sulfonamides is 1. The molecule has 19 heavy (non-hydrogen) atoms. The molecule has 2 N–H and O–H groups in total. The topological polar surface area (TPSA) is 66.4 Å². The predicted octanol–water partition coefficient (Wildman–Crippen LogP) is 2.57. The molecule has 0 spiro atoms. The van der Waals surface area contributed by atoms with Gasteiger partial charge in [0.05, 0.1) is 11.5 Å². The van der Waals surface area contributed by atoms with Crippen LogP contribution >= 0.6 is 15.9 Å². The molecule has 0 aliphatic rings. The van der Waals surface area contributed by atoms with E-state index >= 15 is 0 Å². The second-order valence-corrected chi connectivity index (χ2v) is 8.33. The van der Waals surface area contributed by atoms with Gasteiger partial charge in [0.1, 0.15) is 0 Å². The summed E-state index contributed by atoms with van der Waals surface area (Å²) in [5.41, 5.74) is 1.07. The van der Waals surface area contributed by atoms with E-state index in [1.807, 2.05) is 20.8 Å². The zero-order valence-electron chi connectivity index (χ0n) is 11.6. The Balaban J connectivity index is 3.17. The van der Waals surface area contributed by atoms with E-state index in [-0.39, 0.29) is 16.9 Å². The molecule has 1 rings (SSSR count). The van der Waals surface area contributed by atoms with Crippen molar-refractivity contribution in [1.82, 2.24) is 4.72 Å². The maximum Gasteiger partial charge on any atom is 0.240 e. The SMILES string of the molecule is Cc1c(Br)cc(CO)cc1S(=O)(=O)NCC(C)(C)C. The molecule has 0 saturated heterocycles. The third-order valence-electron chi connectivity index (χ3n) is 2.62. The first kappa shape index (κ1) is 16.6. The van der Waals surface area contributed by atoms with Gasteiger partial charge in [-0.3, -0.25) is 0 Å². The van der Waals surface area contributed by atoms with Crippen LogP contribution in [-0.4, -0.2) is 20.1 Å². The fourth-order valence-corrected chi connectivity index (χ4v) is 3.70. The molecule has 1 aromatic rings. The summed E-state index contributed by atoms with van der Waals surface area (Å²) in [6, 6.07) is 3.23. The van der Waals surface area contributed by atoms with Gasteiger partial charge in [-0.25, -0.2) is 13.1 Å². The van der Waals surface area contributed by atoms with Crippen molar-refractivity contribution < 1.29 is 13.5 Å². The van der Waals surface area contributed by atoms with Crippen molar-refractivity contribution in [3.63, 3.8) is 0 Å². The van der Waals surface area contributed by atoms with E-state index in [9.17, 15) is 8.42 Å². The molecule has 0 aliphatic heterocycles. The van der Waals surface area contributed by atoms with Crippen molar-refractivity contribution in [2.75, 3.05) is 6.54 Å². The number of rotatable bonds is 4. The number of benzene rings is 1. The maximum atomic E-state index is 12.3. The first-order chi connectivity index (χ1) is 8.57. The first-order valence-corrected chi connectivity index (χ1v) is 8.24. The Kier molecular flexibility index (Phi) is 5.17. The van der Waals surface area contributed by atoms with Gasteiger partial charge >= 0.3 is 0 Å². The van der Waals surface area contributed by atoms with E-state index in [0.717, 1.165) is 0 Å². The minimum atomic E-state index is -3.57.